The number of nitrogens with zero attached hydrogens (tertiary/aromatic N) is 1. The molecule has 0 bridgehead atoms. The van der Waals surface area contributed by atoms with Crippen LogP contribution in [0.2, 0.25) is 0 Å². The third-order valence-electron chi connectivity index (χ3n) is 2.85. The van der Waals surface area contributed by atoms with Crippen molar-refractivity contribution in [3.8, 4) is 0 Å². The number of imide groups is 1. The van der Waals surface area contributed by atoms with E-state index >= 15 is 0 Å². The zero-order chi connectivity index (χ0) is 12.0. The molecule has 1 aliphatic heterocycles. The van der Waals surface area contributed by atoms with Gasteiger partial charge in [0.15, 0.2) is 0 Å². The molecule has 3 rings (SSSR count). The number of hydrogen-bond acceptors (Lipinski definition) is 3. The monoisotopic (exact) mass is 243 g/mol. The average Bonchev–Trinajstić information content (AvgIpc) is 2.87. The first-order chi connectivity index (χ1) is 8.20. The minimum Gasteiger partial charge on any atom is -0.268 e. The molecule has 3 nitrogen and oxygen atoms in total. The van der Waals surface area contributed by atoms with E-state index in [4.69, 9.17) is 0 Å². The van der Waals surface area contributed by atoms with Gasteiger partial charge in [-0.3, -0.25) is 9.59 Å². The van der Waals surface area contributed by atoms with Crippen LogP contribution in [-0.4, -0.2) is 11.8 Å². The van der Waals surface area contributed by atoms with Gasteiger partial charge < -0.3 is 0 Å². The van der Waals surface area contributed by atoms with Gasteiger partial charge in [-0.1, -0.05) is 18.2 Å². The zero-order valence-corrected chi connectivity index (χ0v) is 9.95. The fourth-order valence-corrected chi connectivity index (χ4v) is 2.81. The Kier molecular flexibility index (Phi) is 2.12. The van der Waals surface area contributed by atoms with Crippen molar-refractivity contribution in [1.29, 1.82) is 0 Å². The lowest BCUT2D eigenvalue weighted by molar-refractivity contribution is 0.0927. The number of benzene rings is 1. The molecule has 2 aromatic rings. The Morgan fingerprint density at radius 3 is 2.53 bits per heavy atom. The molecular formula is C13H9NO2S. The predicted molar refractivity (Wildman–Crippen MR) is 66.6 cm³/mol. The van der Waals surface area contributed by atoms with Gasteiger partial charge in [-0.05, 0) is 30.0 Å². The van der Waals surface area contributed by atoms with Crippen LogP contribution < -0.4 is 4.90 Å². The van der Waals surface area contributed by atoms with Crippen molar-refractivity contribution in [3.63, 3.8) is 0 Å². The average molecular weight is 243 g/mol. The lowest BCUT2D eigenvalue weighted by atomic mass is 10.2. The third kappa shape index (κ3) is 1.34. The molecule has 84 valence electrons. The topological polar surface area (TPSA) is 37.4 Å². The van der Waals surface area contributed by atoms with Crippen LogP contribution in [0.1, 0.15) is 25.6 Å². The van der Waals surface area contributed by atoms with Gasteiger partial charge in [0, 0.05) is 0 Å². The lowest BCUT2D eigenvalue weighted by Gasteiger charge is -2.16. The molecule has 0 saturated carbocycles. The van der Waals surface area contributed by atoms with Gasteiger partial charge in [0.2, 0.25) is 0 Å². The number of hydrogen-bond donors (Lipinski definition) is 0. The second kappa shape index (κ2) is 3.53. The SMILES string of the molecule is Cc1ccccc1N1C(=O)c2ccsc2C1=O. The first-order valence-corrected chi connectivity index (χ1v) is 6.10. The summed E-state index contributed by atoms with van der Waals surface area (Å²) in [6, 6.07) is 9.11. The number of fused-ring (bicyclic) bond motifs is 1. The summed E-state index contributed by atoms with van der Waals surface area (Å²) in [5.74, 6) is -0.435. The summed E-state index contributed by atoms with van der Waals surface area (Å²) in [6.07, 6.45) is 0. The van der Waals surface area contributed by atoms with Gasteiger partial charge >= 0.3 is 0 Å². The van der Waals surface area contributed by atoms with E-state index in [0.29, 0.717) is 16.1 Å². The molecule has 2 amide bonds. The van der Waals surface area contributed by atoms with Crippen molar-refractivity contribution < 1.29 is 9.59 Å². The molecule has 1 aromatic heterocycles. The molecule has 0 aliphatic carbocycles. The van der Waals surface area contributed by atoms with Crippen LogP contribution >= 0.6 is 11.3 Å². The van der Waals surface area contributed by atoms with E-state index in [1.54, 1.807) is 17.5 Å². The molecule has 0 N–H and O–H groups in total. The number of thiophene rings is 1. The fourth-order valence-electron chi connectivity index (χ4n) is 1.99. The van der Waals surface area contributed by atoms with E-state index < -0.39 is 0 Å². The maximum Gasteiger partial charge on any atom is 0.276 e. The van der Waals surface area contributed by atoms with Crippen molar-refractivity contribution in [2.45, 2.75) is 6.92 Å². The Morgan fingerprint density at radius 1 is 1.06 bits per heavy atom. The normalized spacial score (nSPS) is 14.3. The highest BCUT2D eigenvalue weighted by atomic mass is 32.1. The molecule has 0 radical (unpaired) electrons. The summed E-state index contributed by atoms with van der Waals surface area (Å²) >= 11 is 1.32. The van der Waals surface area contributed by atoms with E-state index in [9.17, 15) is 9.59 Å². The smallest absolute Gasteiger partial charge is 0.268 e. The van der Waals surface area contributed by atoms with Crippen molar-refractivity contribution in [1.82, 2.24) is 0 Å². The predicted octanol–water partition coefficient (Wildman–Crippen LogP) is 2.86. The molecule has 4 heteroatoms. The van der Waals surface area contributed by atoms with Crippen LogP contribution in [0.3, 0.4) is 0 Å². The van der Waals surface area contributed by atoms with Crippen molar-refractivity contribution in [2.24, 2.45) is 0 Å². The highest BCUT2D eigenvalue weighted by Crippen LogP contribution is 2.32. The Hall–Kier alpha value is -1.94. The fraction of sp³-hybridized carbons (Fsp3) is 0.0769. The summed E-state index contributed by atoms with van der Waals surface area (Å²) in [5, 5.41) is 1.77. The van der Waals surface area contributed by atoms with Crippen LogP contribution in [0, 0.1) is 6.92 Å². The van der Waals surface area contributed by atoms with E-state index in [1.165, 1.54) is 16.2 Å². The summed E-state index contributed by atoms with van der Waals surface area (Å²) in [7, 11) is 0. The summed E-state index contributed by atoms with van der Waals surface area (Å²) < 4.78 is 0. The van der Waals surface area contributed by atoms with Crippen LogP contribution in [-0.2, 0) is 0 Å². The number of carbonyl (C=O) groups is 2. The molecule has 17 heavy (non-hydrogen) atoms. The van der Waals surface area contributed by atoms with Crippen LogP contribution in [0.25, 0.3) is 0 Å². The van der Waals surface area contributed by atoms with Crippen molar-refractivity contribution in [2.75, 3.05) is 4.90 Å². The number of amides is 2. The number of carbonyl (C=O) groups excluding carboxylic acids is 2. The highest BCUT2D eigenvalue weighted by Gasteiger charge is 2.38. The van der Waals surface area contributed by atoms with Crippen molar-refractivity contribution >= 4 is 28.8 Å². The summed E-state index contributed by atoms with van der Waals surface area (Å²) in [6.45, 7) is 1.89. The van der Waals surface area contributed by atoms with Gasteiger partial charge in [0.1, 0.15) is 4.88 Å². The number of aryl methyl sites for hydroxylation is 1. The van der Waals surface area contributed by atoms with Crippen LogP contribution in [0.15, 0.2) is 35.7 Å². The quantitative estimate of drug-likeness (QED) is 0.722. The molecule has 0 fully saturated rings. The molecule has 2 heterocycles. The number of rotatable bonds is 1. The van der Waals surface area contributed by atoms with E-state index in [-0.39, 0.29) is 11.8 Å². The second-order valence-corrected chi connectivity index (χ2v) is 4.81. The van der Waals surface area contributed by atoms with Crippen molar-refractivity contribution in [3.05, 3.63) is 51.7 Å². The summed E-state index contributed by atoms with van der Waals surface area (Å²) in [5.41, 5.74) is 2.11. The summed E-state index contributed by atoms with van der Waals surface area (Å²) in [4.78, 5) is 26.1. The molecule has 1 aromatic carbocycles. The standard InChI is InChI=1S/C13H9NO2S/c1-8-4-2-3-5-10(8)14-12(15)9-6-7-17-11(9)13(14)16/h2-7H,1H3. The molecule has 1 aliphatic rings. The van der Waals surface area contributed by atoms with E-state index in [0.717, 1.165) is 5.56 Å². The minimum atomic E-state index is -0.222. The molecule has 0 saturated heterocycles. The van der Waals surface area contributed by atoms with Crippen LogP contribution in [0.5, 0.6) is 0 Å². The van der Waals surface area contributed by atoms with E-state index in [1.807, 2.05) is 25.1 Å². The first-order valence-electron chi connectivity index (χ1n) is 5.22. The molecule has 0 atom stereocenters. The Bertz CT molecular complexity index is 599. The second-order valence-electron chi connectivity index (χ2n) is 3.90. The lowest BCUT2D eigenvalue weighted by Crippen LogP contribution is -2.30. The number of anilines is 1. The highest BCUT2D eigenvalue weighted by molar-refractivity contribution is 7.13. The number of para-hydroxylation sites is 1. The van der Waals surface area contributed by atoms with Gasteiger partial charge in [-0.25, -0.2) is 4.90 Å². The van der Waals surface area contributed by atoms with E-state index in [2.05, 4.69) is 0 Å². The maximum absolute atomic E-state index is 12.1. The first kappa shape index (κ1) is 10.2. The third-order valence-corrected chi connectivity index (χ3v) is 3.75. The van der Waals surface area contributed by atoms with Gasteiger partial charge in [0.25, 0.3) is 11.8 Å². The maximum atomic E-state index is 12.1. The Morgan fingerprint density at radius 2 is 1.82 bits per heavy atom. The Balaban J connectivity index is 2.14. The zero-order valence-electron chi connectivity index (χ0n) is 9.14. The van der Waals surface area contributed by atoms with Gasteiger partial charge in [-0.2, -0.15) is 0 Å². The van der Waals surface area contributed by atoms with Crippen LogP contribution in [0.4, 0.5) is 5.69 Å². The largest absolute Gasteiger partial charge is 0.276 e. The van der Waals surface area contributed by atoms with Gasteiger partial charge in [0.05, 0.1) is 11.3 Å². The molecule has 0 spiro atoms. The minimum absolute atomic E-state index is 0.214. The molecular weight excluding hydrogens is 234 g/mol. The Labute approximate surface area is 102 Å². The molecule has 0 unspecified atom stereocenters. The van der Waals surface area contributed by atoms with Gasteiger partial charge in [-0.15, -0.1) is 11.3 Å².